The molecule has 0 aromatic carbocycles. The molecule has 3 unspecified atom stereocenters. The van der Waals surface area contributed by atoms with Gasteiger partial charge in [-0.15, -0.1) is 0 Å². The van der Waals surface area contributed by atoms with Crippen molar-refractivity contribution in [3.05, 3.63) is 35.8 Å². The van der Waals surface area contributed by atoms with Gasteiger partial charge < -0.3 is 18.6 Å². The second kappa shape index (κ2) is 8.47. The lowest BCUT2D eigenvalue weighted by Crippen LogP contribution is -2.67. The van der Waals surface area contributed by atoms with E-state index >= 15 is 0 Å². The number of ether oxygens (including phenoxy) is 3. The Bertz CT molecular complexity index is 1130. The van der Waals surface area contributed by atoms with Crippen molar-refractivity contribution in [1.82, 2.24) is 0 Å². The van der Waals surface area contributed by atoms with Crippen molar-refractivity contribution in [2.45, 2.75) is 98.9 Å². The van der Waals surface area contributed by atoms with Gasteiger partial charge in [0.2, 0.25) is 0 Å². The van der Waals surface area contributed by atoms with Crippen LogP contribution >= 0.6 is 0 Å². The van der Waals surface area contributed by atoms with Gasteiger partial charge in [-0.05, 0) is 61.0 Å². The number of furan rings is 1. The van der Waals surface area contributed by atoms with Crippen LogP contribution in [-0.4, -0.2) is 30.1 Å². The maximum Gasteiger partial charge on any atom is 0.331 e. The standard InChI is InChI=1S/C30H40O7/c1-17(31)35-23-9-12-28(5)20-8-11-29(6)22(15-25(33)37-26(29)19-10-13-34-16-19)30(20,7)24(36-18(2)32)14-21(28)27(23,3)4/h10,13,15-16,20-21,23-24,26H,8-9,11-12,14H2,1-7H3/t20?,21?,23-,24+,26?,28-,29-,30-/m0/s1. The fraction of sp³-hybridized carbons (Fsp3) is 0.700. The molecule has 5 rings (SSSR count). The molecule has 1 aromatic heterocycles. The van der Waals surface area contributed by atoms with E-state index in [2.05, 4.69) is 34.6 Å². The fourth-order valence-corrected chi connectivity index (χ4v) is 9.24. The average Bonchev–Trinajstić information content (AvgIpc) is 3.32. The van der Waals surface area contributed by atoms with Crippen molar-refractivity contribution >= 4 is 17.9 Å². The van der Waals surface area contributed by atoms with Crippen LogP contribution in [0.4, 0.5) is 0 Å². The number of hydrogen-bond donors (Lipinski definition) is 0. The molecule has 0 amide bonds. The number of fused-ring (bicyclic) bond motifs is 5. The van der Waals surface area contributed by atoms with Crippen LogP contribution in [0.15, 0.2) is 34.7 Å². The highest BCUT2D eigenvalue weighted by atomic mass is 16.6. The molecule has 0 saturated heterocycles. The van der Waals surface area contributed by atoms with E-state index in [1.807, 2.05) is 6.07 Å². The molecule has 4 aliphatic rings. The average molecular weight is 513 g/mol. The summed E-state index contributed by atoms with van der Waals surface area (Å²) in [6.07, 6.45) is 7.98. The van der Waals surface area contributed by atoms with E-state index in [-0.39, 0.29) is 46.7 Å². The third-order valence-electron chi connectivity index (χ3n) is 10.8. The molecule has 8 atom stereocenters. The van der Waals surface area contributed by atoms with Gasteiger partial charge in [0.25, 0.3) is 0 Å². The van der Waals surface area contributed by atoms with Crippen LogP contribution in [0.5, 0.6) is 0 Å². The Hall–Kier alpha value is -2.57. The molecule has 3 aliphatic carbocycles. The molecule has 0 radical (unpaired) electrons. The molecular weight excluding hydrogens is 472 g/mol. The SMILES string of the molecule is CC(=O)O[C@H]1CC[C@]2(C)C(C[C@@H](OC(C)=O)[C@]3(C)C4=CC(=O)OC(c5ccoc5)[C@@]4(C)CCC23)C1(C)C. The summed E-state index contributed by atoms with van der Waals surface area (Å²) in [5.41, 5.74) is 0.489. The molecule has 1 aromatic rings. The monoisotopic (exact) mass is 512 g/mol. The summed E-state index contributed by atoms with van der Waals surface area (Å²) in [5.74, 6) is -0.602. The highest BCUT2D eigenvalue weighted by molar-refractivity contribution is 5.85. The third-order valence-corrected chi connectivity index (χ3v) is 10.8. The Morgan fingerprint density at radius 2 is 1.62 bits per heavy atom. The second-order valence-electron chi connectivity index (χ2n) is 13.1. The summed E-state index contributed by atoms with van der Waals surface area (Å²) in [7, 11) is 0. The lowest BCUT2D eigenvalue weighted by atomic mass is 9.36. The van der Waals surface area contributed by atoms with Crippen molar-refractivity contribution in [3.63, 3.8) is 0 Å². The maximum atomic E-state index is 13.0. The van der Waals surface area contributed by atoms with Crippen LogP contribution in [-0.2, 0) is 28.6 Å². The van der Waals surface area contributed by atoms with E-state index < -0.39 is 23.0 Å². The van der Waals surface area contributed by atoms with Gasteiger partial charge >= 0.3 is 17.9 Å². The summed E-state index contributed by atoms with van der Waals surface area (Å²) in [6.45, 7) is 14.0. The van der Waals surface area contributed by atoms with E-state index in [0.29, 0.717) is 6.42 Å². The van der Waals surface area contributed by atoms with Crippen LogP contribution in [0.1, 0.15) is 92.2 Å². The molecule has 2 heterocycles. The summed E-state index contributed by atoms with van der Waals surface area (Å²) < 4.78 is 23.3. The first-order chi connectivity index (χ1) is 17.2. The van der Waals surface area contributed by atoms with Crippen LogP contribution in [0, 0.1) is 33.5 Å². The van der Waals surface area contributed by atoms with Gasteiger partial charge in [-0.25, -0.2) is 4.79 Å². The summed E-state index contributed by atoms with van der Waals surface area (Å²) in [4.78, 5) is 37.4. The summed E-state index contributed by atoms with van der Waals surface area (Å²) in [5, 5.41) is 0. The Morgan fingerprint density at radius 1 is 0.946 bits per heavy atom. The third kappa shape index (κ3) is 3.70. The van der Waals surface area contributed by atoms with E-state index in [4.69, 9.17) is 18.6 Å². The molecule has 3 fully saturated rings. The second-order valence-corrected chi connectivity index (χ2v) is 13.1. The quantitative estimate of drug-likeness (QED) is 0.366. The number of carbonyl (C=O) groups is 3. The van der Waals surface area contributed by atoms with E-state index in [1.165, 1.54) is 13.8 Å². The molecule has 7 nitrogen and oxygen atoms in total. The van der Waals surface area contributed by atoms with Crippen LogP contribution in [0.25, 0.3) is 0 Å². The minimum atomic E-state index is -0.546. The molecule has 0 bridgehead atoms. The number of carbonyl (C=O) groups excluding carboxylic acids is 3. The Balaban J connectivity index is 1.63. The zero-order valence-electron chi connectivity index (χ0n) is 23.1. The lowest BCUT2D eigenvalue weighted by Gasteiger charge is -2.69. The molecule has 202 valence electrons. The smallest absolute Gasteiger partial charge is 0.331 e. The van der Waals surface area contributed by atoms with Gasteiger partial charge in [-0.2, -0.15) is 0 Å². The van der Waals surface area contributed by atoms with E-state index in [0.717, 1.165) is 36.8 Å². The Kier molecular flexibility index (Phi) is 5.96. The zero-order chi connectivity index (χ0) is 27.0. The first-order valence-corrected chi connectivity index (χ1v) is 13.5. The summed E-state index contributed by atoms with van der Waals surface area (Å²) >= 11 is 0. The molecular formula is C30H40O7. The first kappa shape index (κ1) is 26.1. The molecule has 0 spiro atoms. The van der Waals surface area contributed by atoms with Gasteiger partial charge in [0.05, 0.1) is 12.5 Å². The van der Waals surface area contributed by atoms with Crippen molar-refractivity contribution in [2.24, 2.45) is 33.5 Å². The number of hydrogen-bond acceptors (Lipinski definition) is 7. The van der Waals surface area contributed by atoms with Crippen LogP contribution < -0.4 is 0 Å². The van der Waals surface area contributed by atoms with Crippen LogP contribution in [0.3, 0.4) is 0 Å². The van der Waals surface area contributed by atoms with Crippen molar-refractivity contribution in [1.29, 1.82) is 0 Å². The van der Waals surface area contributed by atoms with E-state index in [9.17, 15) is 14.4 Å². The molecule has 0 N–H and O–H groups in total. The van der Waals surface area contributed by atoms with Gasteiger partial charge in [0.1, 0.15) is 18.3 Å². The van der Waals surface area contributed by atoms with Crippen molar-refractivity contribution < 1.29 is 33.0 Å². The number of esters is 3. The molecule has 7 heteroatoms. The number of rotatable bonds is 3. The Labute approximate surface area is 219 Å². The van der Waals surface area contributed by atoms with E-state index in [1.54, 1.807) is 18.6 Å². The van der Waals surface area contributed by atoms with Gasteiger partial charge in [0.15, 0.2) is 0 Å². The predicted molar refractivity (Wildman–Crippen MR) is 135 cm³/mol. The molecule has 3 saturated carbocycles. The Morgan fingerprint density at radius 3 is 2.24 bits per heavy atom. The maximum absolute atomic E-state index is 13.0. The highest BCUT2D eigenvalue weighted by Gasteiger charge is 2.70. The minimum Gasteiger partial charge on any atom is -0.472 e. The van der Waals surface area contributed by atoms with Crippen LogP contribution in [0.2, 0.25) is 0 Å². The van der Waals surface area contributed by atoms with Gasteiger partial charge in [-0.3, -0.25) is 9.59 Å². The first-order valence-electron chi connectivity index (χ1n) is 13.5. The molecule has 37 heavy (non-hydrogen) atoms. The van der Waals surface area contributed by atoms with Gasteiger partial charge in [0, 0.05) is 41.7 Å². The van der Waals surface area contributed by atoms with Crippen molar-refractivity contribution in [2.75, 3.05) is 0 Å². The largest absolute Gasteiger partial charge is 0.472 e. The number of cyclic esters (lactones) is 1. The van der Waals surface area contributed by atoms with Gasteiger partial charge in [-0.1, -0.05) is 34.6 Å². The lowest BCUT2D eigenvalue weighted by molar-refractivity contribution is -0.230. The predicted octanol–water partition coefficient (Wildman–Crippen LogP) is 5.94. The summed E-state index contributed by atoms with van der Waals surface area (Å²) in [6, 6.07) is 1.86. The highest BCUT2D eigenvalue weighted by Crippen LogP contribution is 2.73. The molecule has 1 aliphatic heterocycles. The normalized spacial score (nSPS) is 42.3. The minimum absolute atomic E-state index is 0.0831. The van der Waals surface area contributed by atoms with Crippen molar-refractivity contribution in [3.8, 4) is 0 Å². The zero-order valence-corrected chi connectivity index (χ0v) is 23.1. The topological polar surface area (TPSA) is 92.0 Å². The fourth-order valence-electron chi connectivity index (χ4n) is 9.24.